The van der Waals surface area contributed by atoms with Gasteiger partial charge < -0.3 is 9.64 Å². The molecule has 0 unspecified atom stereocenters. The molecule has 1 aliphatic carbocycles. The molecule has 0 spiro atoms. The molecule has 0 aromatic heterocycles. The van der Waals surface area contributed by atoms with Crippen LogP contribution in [0.4, 0.5) is 5.69 Å². The smallest absolute Gasteiger partial charge is 0.307 e. The molecule has 1 N–H and O–H groups in total. The number of ether oxygens (including phenoxy) is 1. The highest BCUT2D eigenvalue weighted by Crippen LogP contribution is 2.42. The summed E-state index contributed by atoms with van der Waals surface area (Å²) in [6.07, 6.45) is 4.75. The van der Waals surface area contributed by atoms with Crippen LogP contribution in [-0.2, 0) is 14.3 Å². The van der Waals surface area contributed by atoms with Gasteiger partial charge >= 0.3 is 5.97 Å². The number of carbonyl (C=O) groups is 2. The lowest BCUT2D eigenvalue weighted by molar-refractivity contribution is -0.142. The van der Waals surface area contributed by atoms with E-state index in [0.29, 0.717) is 36.3 Å². The van der Waals surface area contributed by atoms with E-state index >= 15 is 0 Å². The predicted octanol–water partition coefficient (Wildman–Crippen LogP) is 6.09. The fourth-order valence-electron chi connectivity index (χ4n) is 4.17. The van der Waals surface area contributed by atoms with Gasteiger partial charge in [0.1, 0.15) is 0 Å². The van der Waals surface area contributed by atoms with Crippen LogP contribution < -0.4 is 4.90 Å². The number of hydrogen-bond acceptors (Lipinski definition) is 4. The number of hydrogen-bond donors (Lipinski definition) is 1. The summed E-state index contributed by atoms with van der Waals surface area (Å²) in [6.45, 7) is 6.55. The number of esters is 1. The van der Waals surface area contributed by atoms with E-state index in [2.05, 4.69) is 26.0 Å². The quantitative estimate of drug-likeness (QED) is 0.315. The van der Waals surface area contributed by atoms with Gasteiger partial charge in [0.2, 0.25) is 5.91 Å². The van der Waals surface area contributed by atoms with Crippen LogP contribution in [0.5, 0.6) is 0 Å². The molecule has 2 aromatic carbocycles. The van der Waals surface area contributed by atoms with Crippen molar-refractivity contribution in [3.05, 3.63) is 65.2 Å². The van der Waals surface area contributed by atoms with Crippen LogP contribution in [0, 0.1) is 11.3 Å². The van der Waals surface area contributed by atoms with Crippen molar-refractivity contribution in [3.63, 3.8) is 0 Å². The summed E-state index contributed by atoms with van der Waals surface area (Å²) < 4.78 is 5.12. The summed E-state index contributed by atoms with van der Waals surface area (Å²) in [5.41, 5.74) is 3.86. The Hall–Kier alpha value is -2.95. The van der Waals surface area contributed by atoms with E-state index < -0.39 is 0 Å². The lowest BCUT2D eigenvalue weighted by Gasteiger charge is -2.27. The molecule has 5 nitrogen and oxygen atoms in total. The zero-order chi connectivity index (χ0) is 23.8. The van der Waals surface area contributed by atoms with E-state index in [1.807, 2.05) is 36.4 Å². The topological polar surface area (TPSA) is 70.5 Å². The second-order valence-electron chi connectivity index (χ2n) is 8.78. The van der Waals surface area contributed by atoms with Crippen molar-refractivity contribution in [3.8, 4) is 0 Å². The second-order valence-corrected chi connectivity index (χ2v) is 8.78. The number of nitrogens with one attached hydrogen (secondary N) is 1. The van der Waals surface area contributed by atoms with Gasteiger partial charge in [-0.1, -0.05) is 63.1 Å². The highest BCUT2D eigenvalue weighted by Gasteiger charge is 2.28. The number of nitrogens with zero attached hydrogens (tertiary/aromatic N) is 1. The monoisotopic (exact) mass is 448 g/mol. The third-order valence-electron chi connectivity index (χ3n) is 6.46. The Labute approximate surface area is 197 Å². The molecule has 1 fully saturated rings. The Bertz CT molecular complexity index is 962. The van der Waals surface area contributed by atoms with E-state index in [1.54, 1.807) is 11.8 Å². The van der Waals surface area contributed by atoms with Gasteiger partial charge in [0.15, 0.2) is 0 Å². The molecule has 1 saturated carbocycles. The molecule has 0 heterocycles. The number of rotatable bonds is 12. The van der Waals surface area contributed by atoms with Gasteiger partial charge in [-0.2, -0.15) is 0 Å². The SMILES string of the molecule is CCOC(=O)CCN(C(=O)CC(CC)CC)c1ccc(C2CC2)cc1C(=N)c1ccccc1. The van der Waals surface area contributed by atoms with Crippen molar-refractivity contribution in [2.24, 2.45) is 5.92 Å². The summed E-state index contributed by atoms with van der Waals surface area (Å²) in [5.74, 6) is 0.515. The Kier molecular flexibility index (Phi) is 8.81. The summed E-state index contributed by atoms with van der Waals surface area (Å²) >= 11 is 0. The van der Waals surface area contributed by atoms with Gasteiger partial charge in [-0.3, -0.25) is 15.0 Å². The minimum absolute atomic E-state index is 0.00529. The highest BCUT2D eigenvalue weighted by molar-refractivity contribution is 6.15. The summed E-state index contributed by atoms with van der Waals surface area (Å²) in [4.78, 5) is 27.3. The standard InChI is InChI=1S/C28H36N2O3/c1-4-20(5-2)18-26(31)30(17-16-27(32)33-6-3)25-15-14-23(21-12-13-21)19-24(25)28(29)22-10-8-7-9-11-22/h7-11,14-15,19-21,29H,4-6,12-13,16-18H2,1-3H3. The minimum Gasteiger partial charge on any atom is -0.466 e. The molecule has 2 aromatic rings. The Morgan fingerprint density at radius 3 is 2.36 bits per heavy atom. The van der Waals surface area contributed by atoms with Crippen LogP contribution in [0.1, 0.15) is 81.9 Å². The molecule has 0 aliphatic heterocycles. The molecular weight excluding hydrogens is 412 g/mol. The largest absolute Gasteiger partial charge is 0.466 e. The van der Waals surface area contributed by atoms with Crippen molar-refractivity contribution < 1.29 is 14.3 Å². The first-order chi connectivity index (χ1) is 16.0. The van der Waals surface area contributed by atoms with E-state index in [0.717, 1.165) is 36.8 Å². The Morgan fingerprint density at radius 2 is 1.76 bits per heavy atom. The number of anilines is 1. The maximum atomic E-state index is 13.5. The van der Waals surface area contributed by atoms with Crippen LogP contribution in [0.15, 0.2) is 48.5 Å². The molecule has 176 valence electrons. The molecule has 0 radical (unpaired) electrons. The van der Waals surface area contributed by atoms with Crippen molar-refractivity contribution in [1.29, 1.82) is 5.41 Å². The van der Waals surface area contributed by atoms with E-state index in [1.165, 1.54) is 5.56 Å². The zero-order valence-corrected chi connectivity index (χ0v) is 20.1. The normalized spacial score (nSPS) is 13.1. The Balaban J connectivity index is 2.00. The molecule has 0 atom stereocenters. The molecule has 1 aliphatic rings. The fourth-order valence-corrected chi connectivity index (χ4v) is 4.17. The first-order valence-corrected chi connectivity index (χ1v) is 12.2. The van der Waals surface area contributed by atoms with Crippen LogP contribution in [0.25, 0.3) is 0 Å². The second kappa shape index (κ2) is 11.8. The van der Waals surface area contributed by atoms with Gasteiger partial charge in [-0.15, -0.1) is 0 Å². The van der Waals surface area contributed by atoms with Gasteiger partial charge in [0.05, 0.1) is 24.4 Å². The molecule has 33 heavy (non-hydrogen) atoms. The van der Waals surface area contributed by atoms with Crippen LogP contribution in [-0.4, -0.2) is 30.7 Å². The van der Waals surface area contributed by atoms with Gasteiger partial charge in [0.25, 0.3) is 0 Å². The first kappa shape index (κ1) is 24.7. The van der Waals surface area contributed by atoms with Crippen molar-refractivity contribution in [2.45, 2.75) is 65.2 Å². The maximum Gasteiger partial charge on any atom is 0.307 e. The van der Waals surface area contributed by atoms with Crippen LogP contribution in [0.2, 0.25) is 0 Å². The number of benzene rings is 2. The van der Waals surface area contributed by atoms with Gasteiger partial charge in [-0.05, 0) is 49.3 Å². The molecular formula is C28H36N2O3. The fraction of sp³-hybridized carbons (Fsp3) is 0.464. The molecule has 0 saturated heterocycles. The van der Waals surface area contributed by atoms with E-state index in [4.69, 9.17) is 10.1 Å². The Morgan fingerprint density at radius 1 is 1.06 bits per heavy atom. The van der Waals surface area contributed by atoms with Crippen molar-refractivity contribution in [1.82, 2.24) is 0 Å². The maximum absolute atomic E-state index is 13.5. The zero-order valence-electron chi connectivity index (χ0n) is 20.1. The van der Waals surface area contributed by atoms with Crippen LogP contribution >= 0.6 is 0 Å². The molecule has 3 rings (SSSR count). The van der Waals surface area contributed by atoms with E-state index in [9.17, 15) is 9.59 Å². The highest BCUT2D eigenvalue weighted by atomic mass is 16.5. The van der Waals surface area contributed by atoms with Crippen LogP contribution in [0.3, 0.4) is 0 Å². The minimum atomic E-state index is -0.313. The number of carbonyl (C=O) groups excluding carboxylic acids is 2. The van der Waals surface area contributed by atoms with E-state index in [-0.39, 0.29) is 24.8 Å². The average molecular weight is 449 g/mol. The summed E-state index contributed by atoms with van der Waals surface area (Å²) in [5, 5.41) is 8.97. The first-order valence-electron chi connectivity index (χ1n) is 12.2. The molecule has 0 bridgehead atoms. The lowest BCUT2D eigenvalue weighted by atomic mass is 9.95. The number of amides is 1. The molecule has 5 heteroatoms. The third-order valence-corrected chi connectivity index (χ3v) is 6.46. The van der Waals surface area contributed by atoms with Crippen molar-refractivity contribution in [2.75, 3.05) is 18.1 Å². The lowest BCUT2D eigenvalue weighted by Crippen LogP contribution is -2.35. The van der Waals surface area contributed by atoms with Crippen molar-refractivity contribution >= 4 is 23.3 Å². The predicted molar refractivity (Wildman–Crippen MR) is 133 cm³/mol. The average Bonchev–Trinajstić information content (AvgIpc) is 3.68. The summed E-state index contributed by atoms with van der Waals surface area (Å²) in [6, 6.07) is 15.7. The van der Waals surface area contributed by atoms with Gasteiger partial charge in [-0.25, -0.2) is 0 Å². The van der Waals surface area contributed by atoms with Gasteiger partial charge in [0, 0.05) is 24.1 Å². The summed E-state index contributed by atoms with van der Waals surface area (Å²) in [7, 11) is 0. The molecule has 1 amide bonds. The third kappa shape index (κ3) is 6.53.